The summed E-state index contributed by atoms with van der Waals surface area (Å²) in [5.74, 6) is -0.897. The SMILES string of the molecule is CC/C=C\C/C=C\C/C=C\CCCCCC(=O)OCC(COC(=O)CCCCCCCCCCCCCCCCCCCCCCCCCC)OC(=O)CCCCCCCCC/C=C\CCCCCCCC. The summed E-state index contributed by atoms with van der Waals surface area (Å²) in [6.07, 6.45) is 75.6. The summed E-state index contributed by atoms with van der Waals surface area (Å²) in [6.45, 7) is 6.54. The minimum Gasteiger partial charge on any atom is -0.462 e. The van der Waals surface area contributed by atoms with Crippen molar-refractivity contribution < 1.29 is 28.6 Å². The zero-order chi connectivity index (χ0) is 52.2. The second-order valence-electron chi connectivity index (χ2n) is 21.3. The molecule has 0 heterocycles. The summed E-state index contributed by atoms with van der Waals surface area (Å²) in [6, 6.07) is 0. The molecule has 1 atom stereocenters. The summed E-state index contributed by atoms with van der Waals surface area (Å²) in [5.41, 5.74) is 0. The van der Waals surface area contributed by atoms with E-state index in [1.54, 1.807) is 0 Å². The van der Waals surface area contributed by atoms with Crippen molar-refractivity contribution in [2.75, 3.05) is 13.2 Å². The van der Waals surface area contributed by atoms with Crippen molar-refractivity contribution in [2.45, 2.75) is 341 Å². The minimum atomic E-state index is -0.786. The van der Waals surface area contributed by atoms with Gasteiger partial charge in [0.25, 0.3) is 0 Å². The zero-order valence-corrected chi connectivity index (χ0v) is 48.2. The van der Waals surface area contributed by atoms with Crippen LogP contribution < -0.4 is 0 Å². The van der Waals surface area contributed by atoms with E-state index in [2.05, 4.69) is 69.4 Å². The molecule has 0 amide bonds. The molecule has 1 unspecified atom stereocenters. The molecule has 0 aliphatic heterocycles. The first-order valence-corrected chi connectivity index (χ1v) is 31.6. The van der Waals surface area contributed by atoms with Gasteiger partial charge in [0.2, 0.25) is 0 Å². The van der Waals surface area contributed by atoms with E-state index < -0.39 is 6.10 Å². The van der Waals surface area contributed by atoms with Gasteiger partial charge in [0, 0.05) is 19.3 Å². The van der Waals surface area contributed by atoms with Crippen LogP contribution in [0.15, 0.2) is 48.6 Å². The Balaban J connectivity index is 4.27. The van der Waals surface area contributed by atoms with Crippen LogP contribution in [0.2, 0.25) is 0 Å². The standard InChI is InChI=1S/C66H120O6/c1-4-7-10-13-16-19-22-25-27-29-30-31-32-33-34-35-37-38-41-44-47-50-53-56-59-65(68)71-62-63(61-70-64(67)58-55-52-49-46-43-40-24-21-18-15-12-9-6-3)72-66(69)60-57-54-51-48-45-42-39-36-28-26-23-20-17-14-11-8-5-2/h9,12,18,21,26,28,40,43,63H,4-8,10-11,13-17,19-20,22-25,27,29-39,41-42,44-62H2,1-3H3/b12-9-,21-18-,28-26-,43-40-. The van der Waals surface area contributed by atoms with Crippen LogP contribution >= 0.6 is 0 Å². The highest BCUT2D eigenvalue weighted by Gasteiger charge is 2.19. The van der Waals surface area contributed by atoms with Gasteiger partial charge in [-0.25, -0.2) is 0 Å². The molecule has 0 aliphatic rings. The van der Waals surface area contributed by atoms with Gasteiger partial charge in [0.05, 0.1) is 0 Å². The van der Waals surface area contributed by atoms with Crippen LogP contribution in [0.3, 0.4) is 0 Å². The largest absolute Gasteiger partial charge is 0.462 e. The molecule has 0 aromatic heterocycles. The summed E-state index contributed by atoms with van der Waals surface area (Å²) in [7, 11) is 0. The highest BCUT2D eigenvalue weighted by Crippen LogP contribution is 2.17. The van der Waals surface area contributed by atoms with E-state index in [-0.39, 0.29) is 31.1 Å². The van der Waals surface area contributed by atoms with Crippen LogP contribution in [0.5, 0.6) is 0 Å². The second-order valence-corrected chi connectivity index (χ2v) is 21.3. The van der Waals surface area contributed by atoms with Crippen LogP contribution in [0, 0.1) is 0 Å². The molecule has 6 nitrogen and oxygen atoms in total. The fraction of sp³-hybridized carbons (Fsp3) is 0.833. The van der Waals surface area contributed by atoms with Crippen LogP contribution in [0.4, 0.5) is 0 Å². The van der Waals surface area contributed by atoms with Gasteiger partial charge in [0.15, 0.2) is 6.10 Å². The van der Waals surface area contributed by atoms with Crippen molar-refractivity contribution >= 4 is 17.9 Å². The van der Waals surface area contributed by atoms with Gasteiger partial charge < -0.3 is 14.2 Å². The maximum atomic E-state index is 12.9. The molecule has 0 saturated carbocycles. The lowest BCUT2D eigenvalue weighted by molar-refractivity contribution is -0.167. The molecule has 0 rings (SSSR count). The second kappa shape index (κ2) is 60.9. The Morgan fingerprint density at radius 2 is 0.542 bits per heavy atom. The average Bonchev–Trinajstić information content (AvgIpc) is 3.38. The number of unbranched alkanes of at least 4 members (excludes halogenated alkanes) is 39. The molecule has 6 heteroatoms. The van der Waals surface area contributed by atoms with Crippen molar-refractivity contribution in [3.63, 3.8) is 0 Å². The van der Waals surface area contributed by atoms with Gasteiger partial charge in [-0.1, -0.05) is 288 Å². The highest BCUT2D eigenvalue weighted by molar-refractivity contribution is 5.71. The quantitative estimate of drug-likeness (QED) is 0.0261. The Hall–Kier alpha value is -2.63. The third-order valence-electron chi connectivity index (χ3n) is 14.1. The van der Waals surface area contributed by atoms with E-state index in [0.717, 1.165) is 83.5 Å². The predicted molar refractivity (Wildman–Crippen MR) is 312 cm³/mol. The van der Waals surface area contributed by atoms with E-state index in [1.165, 1.54) is 212 Å². The molecule has 0 aromatic carbocycles. The Bertz CT molecular complexity index is 1250. The van der Waals surface area contributed by atoms with Gasteiger partial charge >= 0.3 is 17.9 Å². The lowest BCUT2D eigenvalue weighted by Crippen LogP contribution is -2.30. The maximum absolute atomic E-state index is 12.9. The number of carbonyl (C=O) groups excluding carboxylic acids is 3. The predicted octanol–water partition coefficient (Wildman–Crippen LogP) is 21.4. The molecule has 0 spiro atoms. The summed E-state index contributed by atoms with van der Waals surface area (Å²) >= 11 is 0. The molecule has 0 radical (unpaired) electrons. The fourth-order valence-electron chi connectivity index (χ4n) is 9.34. The highest BCUT2D eigenvalue weighted by atomic mass is 16.6. The van der Waals surface area contributed by atoms with E-state index in [1.807, 2.05) is 0 Å². The summed E-state index contributed by atoms with van der Waals surface area (Å²) < 4.78 is 16.9. The van der Waals surface area contributed by atoms with Crippen molar-refractivity contribution in [2.24, 2.45) is 0 Å². The van der Waals surface area contributed by atoms with Gasteiger partial charge in [0.1, 0.15) is 13.2 Å². The van der Waals surface area contributed by atoms with Gasteiger partial charge in [-0.05, 0) is 77.0 Å². The first-order chi connectivity index (χ1) is 35.5. The van der Waals surface area contributed by atoms with Crippen LogP contribution in [-0.4, -0.2) is 37.2 Å². The van der Waals surface area contributed by atoms with Crippen molar-refractivity contribution in [3.8, 4) is 0 Å². The van der Waals surface area contributed by atoms with Crippen molar-refractivity contribution in [3.05, 3.63) is 48.6 Å². The van der Waals surface area contributed by atoms with E-state index in [9.17, 15) is 14.4 Å². The zero-order valence-electron chi connectivity index (χ0n) is 48.2. The number of ether oxygens (including phenoxy) is 3. The van der Waals surface area contributed by atoms with Gasteiger partial charge in [-0.2, -0.15) is 0 Å². The monoisotopic (exact) mass is 1010 g/mol. The molecular weight excluding hydrogens is 889 g/mol. The van der Waals surface area contributed by atoms with Crippen LogP contribution in [0.25, 0.3) is 0 Å². The lowest BCUT2D eigenvalue weighted by atomic mass is 10.0. The van der Waals surface area contributed by atoms with Gasteiger partial charge in [-0.15, -0.1) is 0 Å². The third-order valence-corrected chi connectivity index (χ3v) is 14.1. The van der Waals surface area contributed by atoms with Crippen molar-refractivity contribution in [1.82, 2.24) is 0 Å². The molecule has 0 aliphatic carbocycles. The Morgan fingerprint density at radius 3 is 0.875 bits per heavy atom. The molecule has 420 valence electrons. The van der Waals surface area contributed by atoms with Gasteiger partial charge in [-0.3, -0.25) is 14.4 Å². The fourth-order valence-corrected chi connectivity index (χ4v) is 9.34. The molecule has 72 heavy (non-hydrogen) atoms. The van der Waals surface area contributed by atoms with Crippen LogP contribution in [-0.2, 0) is 28.6 Å². The van der Waals surface area contributed by atoms with E-state index in [0.29, 0.717) is 19.3 Å². The van der Waals surface area contributed by atoms with E-state index in [4.69, 9.17) is 14.2 Å². The molecule has 0 N–H and O–H groups in total. The Labute approximate surface area is 448 Å². The number of esters is 3. The van der Waals surface area contributed by atoms with Crippen molar-refractivity contribution in [1.29, 1.82) is 0 Å². The molecule has 0 bridgehead atoms. The third kappa shape index (κ3) is 58.3. The maximum Gasteiger partial charge on any atom is 0.306 e. The molecule has 0 saturated heterocycles. The number of carbonyl (C=O) groups is 3. The van der Waals surface area contributed by atoms with Crippen LogP contribution in [0.1, 0.15) is 335 Å². The molecule has 0 aromatic rings. The smallest absolute Gasteiger partial charge is 0.306 e. The summed E-state index contributed by atoms with van der Waals surface area (Å²) in [5, 5.41) is 0. The number of hydrogen-bond acceptors (Lipinski definition) is 6. The normalized spacial score (nSPS) is 12.3. The summed E-state index contributed by atoms with van der Waals surface area (Å²) in [4.78, 5) is 38.2. The topological polar surface area (TPSA) is 78.9 Å². The number of allylic oxidation sites excluding steroid dienone is 8. The average molecular weight is 1010 g/mol. The minimum absolute atomic E-state index is 0.0809. The number of rotatable bonds is 58. The number of hydrogen-bond donors (Lipinski definition) is 0. The lowest BCUT2D eigenvalue weighted by Gasteiger charge is -2.18. The first-order valence-electron chi connectivity index (χ1n) is 31.6. The van der Waals surface area contributed by atoms with E-state index >= 15 is 0 Å². The Morgan fingerprint density at radius 1 is 0.292 bits per heavy atom. The first kappa shape index (κ1) is 69.4. The molecular formula is C66H120O6. The Kier molecular flexibility index (Phi) is 58.7. The molecule has 0 fully saturated rings.